The fraction of sp³-hybridized carbons (Fsp3) is 0.318. The van der Waals surface area contributed by atoms with Crippen LogP contribution in [0.25, 0.3) is 11.4 Å². The first-order chi connectivity index (χ1) is 15.4. The fourth-order valence-electron chi connectivity index (χ4n) is 3.72. The summed E-state index contributed by atoms with van der Waals surface area (Å²) in [5.74, 6) is -0.547. The van der Waals surface area contributed by atoms with Crippen LogP contribution in [0.15, 0.2) is 36.5 Å². The molecule has 1 fully saturated rings. The van der Waals surface area contributed by atoms with Crippen LogP contribution >= 0.6 is 23.2 Å². The molecule has 1 aliphatic rings. The molecule has 7 nitrogen and oxygen atoms in total. The van der Waals surface area contributed by atoms with Crippen molar-refractivity contribution in [3.63, 3.8) is 0 Å². The van der Waals surface area contributed by atoms with Crippen molar-refractivity contribution in [2.45, 2.75) is 13.5 Å². The summed E-state index contributed by atoms with van der Waals surface area (Å²) in [5.41, 5.74) is 2.32. The number of hydrogen-bond donors (Lipinski definition) is 0. The highest BCUT2D eigenvalue weighted by atomic mass is 35.5. The third kappa shape index (κ3) is 4.25. The zero-order valence-corrected chi connectivity index (χ0v) is 19.2. The smallest absolute Gasteiger partial charge is 0.244 e. The second-order valence-corrected chi connectivity index (χ2v) is 8.19. The van der Waals surface area contributed by atoms with E-state index in [1.165, 1.54) is 7.11 Å². The zero-order valence-electron chi connectivity index (χ0n) is 17.7. The standard InChI is InChI=1S/C22H22Cl2FN5O2/c1-14-19(24)21(16-5-3-4-8-26-16)27-30(14)13-18(31)29-11-9-28(10-12-29)17-7-6-15(23)22(32-2)20(17)25/h3-8H,9-13H2,1-2H3. The number of methoxy groups -OCH3 is 1. The summed E-state index contributed by atoms with van der Waals surface area (Å²) in [5, 5.41) is 5.21. The Bertz CT molecular complexity index is 1130. The molecule has 0 aliphatic carbocycles. The van der Waals surface area contributed by atoms with Crippen molar-refractivity contribution < 1.29 is 13.9 Å². The van der Waals surface area contributed by atoms with Gasteiger partial charge in [0.15, 0.2) is 11.6 Å². The van der Waals surface area contributed by atoms with Crippen molar-refractivity contribution in [3.05, 3.63) is 58.1 Å². The van der Waals surface area contributed by atoms with Gasteiger partial charge in [-0.15, -0.1) is 0 Å². The third-order valence-electron chi connectivity index (χ3n) is 5.53. The van der Waals surface area contributed by atoms with E-state index in [1.807, 2.05) is 30.0 Å². The van der Waals surface area contributed by atoms with E-state index >= 15 is 0 Å². The maximum atomic E-state index is 14.7. The molecule has 0 bridgehead atoms. The molecular weight excluding hydrogens is 456 g/mol. The Kier molecular flexibility index (Phi) is 6.53. The lowest BCUT2D eigenvalue weighted by Gasteiger charge is -2.36. The van der Waals surface area contributed by atoms with Gasteiger partial charge in [-0.25, -0.2) is 4.39 Å². The van der Waals surface area contributed by atoms with Crippen molar-refractivity contribution >= 4 is 34.8 Å². The van der Waals surface area contributed by atoms with Gasteiger partial charge in [0.1, 0.15) is 12.2 Å². The van der Waals surface area contributed by atoms with E-state index in [9.17, 15) is 9.18 Å². The zero-order chi connectivity index (χ0) is 22.8. The summed E-state index contributed by atoms with van der Waals surface area (Å²) >= 11 is 12.4. The van der Waals surface area contributed by atoms with Crippen LogP contribution in [0.4, 0.5) is 10.1 Å². The predicted octanol–water partition coefficient (Wildman–Crippen LogP) is 4.06. The summed E-state index contributed by atoms with van der Waals surface area (Å²) in [4.78, 5) is 20.8. The van der Waals surface area contributed by atoms with Gasteiger partial charge >= 0.3 is 0 Å². The number of hydrogen-bond acceptors (Lipinski definition) is 5. The number of carbonyl (C=O) groups excluding carboxylic acids is 1. The minimum absolute atomic E-state index is 0.0254. The average Bonchev–Trinajstić information content (AvgIpc) is 3.09. The van der Waals surface area contributed by atoms with Crippen LogP contribution in [0.3, 0.4) is 0 Å². The van der Waals surface area contributed by atoms with Crippen LogP contribution < -0.4 is 9.64 Å². The number of nitrogens with zero attached hydrogens (tertiary/aromatic N) is 5. The van der Waals surface area contributed by atoms with Crippen LogP contribution in [-0.2, 0) is 11.3 Å². The number of aromatic nitrogens is 3. The molecule has 0 saturated carbocycles. The average molecular weight is 478 g/mol. The summed E-state index contributed by atoms with van der Waals surface area (Å²) < 4.78 is 21.4. The molecule has 0 radical (unpaired) electrons. The van der Waals surface area contributed by atoms with Crippen molar-refractivity contribution in [3.8, 4) is 17.1 Å². The number of halogens is 3. The van der Waals surface area contributed by atoms with Crippen LogP contribution in [0.2, 0.25) is 10.0 Å². The summed E-state index contributed by atoms with van der Waals surface area (Å²) in [7, 11) is 1.38. The lowest BCUT2D eigenvalue weighted by Crippen LogP contribution is -2.50. The van der Waals surface area contributed by atoms with E-state index < -0.39 is 5.82 Å². The highest BCUT2D eigenvalue weighted by molar-refractivity contribution is 6.33. The van der Waals surface area contributed by atoms with E-state index in [2.05, 4.69) is 10.1 Å². The molecule has 1 amide bonds. The number of rotatable bonds is 5. The Morgan fingerprint density at radius 1 is 1.16 bits per heavy atom. The number of benzene rings is 1. The lowest BCUT2D eigenvalue weighted by molar-refractivity contribution is -0.132. The quantitative estimate of drug-likeness (QED) is 0.554. The molecule has 32 heavy (non-hydrogen) atoms. The maximum Gasteiger partial charge on any atom is 0.244 e. The number of anilines is 1. The highest BCUT2D eigenvalue weighted by Crippen LogP contribution is 2.34. The highest BCUT2D eigenvalue weighted by Gasteiger charge is 2.26. The molecule has 0 N–H and O–H groups in total. The normalized spacial score (nSPS) is 14.0. The molecule has 1 aliphatic heterocycles. The van der Waals surface area contributed by atoms with Crippen LogP contribution in [0.5, 0.6) is 5.75 Å². The van der Waals surface area contributed by atoms with Gasteiger partial charge in [0.05, 0.1) is 34.2 Å². The van der Waals surface area contributed by atoms with Gasteiger partial charge in [-0.05, 0) is 31.2 Å². The van der Waals surface area contributed by atoms with Gasteiger partial charge < -0.3 is 14.5 Å². The first-order valence-electron chi connectivity index (χ1n) is 10.1. The SMILES string of the molecule is COc1c(Cl)ccc(N2CCN(C(=O)Cn3nc(-c4ccccn4)c(Cl)c3C)CC2)c1F. The topological polar surface area (TPSA) is 63.5 Å². The monoisotopic (exact) mass is 477 g/mol. The molecule has 10 heteroatoms. The Balaban J connectivity index is 1.43. The predicted molar refractivity (Wildman–Crippen MR) is 122 cm³/mol. The summed E-state index contributed by atoms with van der Waals surface area (Å²) in [6.45, 7) is 3.80. The van der Waals surface area contributed by atoms with Gasteiger partial charge in [0, 0.05) is 32.4 Å². The Morgan fingerprint density at radius 2 is 1.91 bits per heavy atom. The van der Waals surface area contributed by atoms with Gasteiger partial charge in [0.2, 0.25) is 5.91 Å². The second kappa shape index (κ2) is 9.34. The van der Waals surface area contributed by atoms with Crippen molar-refractivity contribution in [2.24, 2.45) is 0 Å². The number of piperazine rings is 1. The van der Waals surface area contributed by atoms with E-state index in [-0.39, 0.29) is 23.2 Å². The van der Waals surface area contributed by atoms with Crippen molar-refractivity contribution in [1.82, 2.24) is 19.7 Å². The Hall–Kier alpha value is -2.84. The summed E-state index contributed by atoms with van der Waals surface area (Å²) in [6, 6.07) is 8.74. The van der Waals surface area contributed by atoms with E-state index in [1.54, 1.807) is 27.9 Å². The molecule has 4 rings (SSSR count). The molecule has 0 spiro atoms. The molecule has 3 heterocycles. The van der Waals surface area contributed by atoms with Crippen molar-refractivity contribution in [2.75, 3.05) is 38.2 Å². The molecule has 0 unspecified atom stereocenters. The van der Waals surface area contributed by atoms with Crippen LogP contribution in [0, 0.1) is 12.7 Å². The third-order valence-corrected chi connectivity index (χ3v) is 6.28. The van der Waals surface area contributed by atoms with Gasteiger partial charge in [-0.1, -0.05) is 29.3 Å². The number of carbonyl (C=O) groups is 1. The number of amides is 1. The molecule has 2 aromatic heterocycles. The maximum absolute atomic E-state index is 14.7. The summed E-state index contributed by atoms with van der Waals surface area (Å²) in [6.07, 6.45) is 1.67. The minimum Gasteiger partial charge on any atom is -0.492 e. The van der Waals surface area contributed by atoms with Gasteiger partial charge in [-0.2, -0.15) is 5.10 Å². The van der Waals surface area contributed by atoms with E-state index in [0.717, 1.165) is 0 Å². The van der Waals surface area contributed by atoms with Crippen LogP contribution in [-0.4, -0.2) is 58.9 Å². The van der Waals surface area contributed by atoms with E-state index in [0.29, 0.717) is 54.0 Å². The minimum atomic E-state index is -0.497. The molecular formula is C22H22Cl2FN5O2. The molecule has 168 valence electrons. The van der Waals surface area contributed by atoms with Gasteiger partial charge in [-0.3, -0.25) is 14.5 Å². The lowest BCUT2D eigenvalue weighted by atomic mass is 10.2. The molecule has 0 atom stereocenters. The number of pyridine rings is 1. The van der Waals surface area contributed by atoms with E-state index in [4.69, 9.17) is 27.9 Å². The van der Waals surface area contributed by atoms with Gasteiger partial charge in [0.25, 0.3) is 0 Å². The molecule has 3 aromatic rings. The number of ether oxygens (including phenoxy) is 1. The van der Waals surface area contributed by atoms with Crippen LogP contribution in [0.1, 0.15) is 5.69 Å². The largest absolute Gasteiger partial charge is 0.492 e. The fourth-order valence-corrected chi connectivity index (χ4v) is 4.18. The second-order valence-electron chi connectivity index (χ2n) is 7.40. The first-order valence-corrected chi connectivity index (χ1v) is 10.8. The Labute approximate surface area is 195 Å². The Morgan fingerprint density at radius 3 is 2.56 bits per heavy atom. The molecule has 1 aromatic carbocycles. The van der Waals surface area contributed by atoms with Crippen molar-refractivity contribution in [1.29, 1.82) is 0 Å². The first kappa shape index (κ1) is 22.4. The molecule has 1 saturated heterocycles.